The van der Waals surface area contributed by atoms with Gasteiger partial charge in [-0.15, -0.1) is 0 Å². The number of ketones is 1. The number of hydrogen-bond donors (Lipinski definition) is 0. The molecule has 0 N–H and O–H groups in total. The maximum Gasteiger partial charge on any atom is 0.162 e. The van der Waals surface area contributed by atoms with Gasteiger partial charge in [0, 0.05) is 5.92 Å². The van der Waals surface area contributed by atoms with Gasteiger partial charge in [-0.3, -0.25) is 4.79 Å². The van der Waals surface area contributed by atoms with Crippen LogP contribution in [0.2, 0.25) is 0 Å². The summed E-state index contributed by atoms with van der Waals surface area (Å²) in [4.78, 5) is 12.4. The molecule has 1 atom stereocenters. The van der Waals surface area contributed by atoms with Crippen molar-refractivity contribution in [1.29, 1.82) is 0 Å². The van der Waals surface area contributed by atoms with Gasteiger partial charge in [0.25, 0.3) is 0 Å². The van der Waals surface area contributed by atoms with E-state index >= 15 is 0 Å². The molecule has 2 saturated carbocycles. The van der Waals surface area contributed by atoms with E-state index in [0.29, 0.717) is 11.7 Å². The molecule has 0 aromatic heterocycles. The first-order valence-electron chi connectivity index (χ1n) is 7.24. The summed E-state index contributed by atoms with van der Waals surface area (Å²) in [7, 11) is 0. The van der Waals surface area contributed by atoms with E-state index in [9.17, 15) is 9.18 Å². The van der Waals surface area contributed by atoms with Crippen LogP contribution in [-0.2, 0) is 4.79 Å². The maximum absolute atomic E-state index is 13.1. The van der Waals surface area contributed by atoms with Gasteiger partial charge in [-0.25, -0.2) is 4.39 Å². The molecule has 19 heavy (non-hydrogen) atoms. The lowest BCUT2D eigenvalue weighted by Crippen LogP contribution is -2.16. The zero-order chi connectivity index (χ0) is 13.2. The summed E-state index contributed by atoms with van der Waals surface area (Å²) < 4.78 is 13.1. The lowest BCUT2D eigenvalue weighted by molar-refractivity contribution is -0.119. The Hall–Kier alpha value is -1.44. The minimum atomic E-state index is -0.243. The SMILES string of the molecule is O=C1/C(=C/c2cccc(F)c2)CC[C@@H]1C1CCCC1. The predicted molar refractivity (Wildman–Crippen MR) is 74.1 cm³/mol. The highest BCUT2D eigenvalue weighted by Crippen LogP contribution is 2.40. The third-order valence-corrected chi connectivity index (χ3v) is 4.54. The van der Waals surface area contributed by atoms with Gasteiger partial charge in [0.2, 0.25) is 0 Å². The predicted octanol–water partition coefficient (Wildman–Crippen LogP) is 4.38. The number of halogens is 1. The molecule has 0 saturated heterocycles. The number of carbonyl (C=O) groups excluding carboxylic acids is 1. The number of rotatable bonds is 2. The molecule has 2 fully saturated rings. The van der Waals surface area contributed by atoms with Crippen molar-refractivity contribution < 1.29 is 9.18 Å². The minimum Gasteiger partial charge on any atom is -0.294 e. The molecule has 0 radical (unpaired) electrons. The summed E-state index contributed by atoms with van der Waals surface area (Å²) >= 11 is 0. The van der Waals surface area contributed by atoms with Gasteiger partial charge < -0.3 is 0 Å². The van der Waals surface area contributed by atoms with Gasteiger partial charge in [0.15, 0.2) is 5.78 Å². The van der Waals surface area contributed by atoms with Gasteiger partial charge in [0.1, 0.15) is 5.82 Å². The van der Waals surface area contributed by atoms with Crippen LogP contribution in [0.4, 0.5) is 4.39 Å². The standard InChI is InChI=1S/C17H19FO/c18-15-7-3-4-12(11-15)10-14-8-9-16(17(14)19)13-5-1-2-6-13/h3-4,7,10-11,13,16H,1-2,5-6,8-9H2/b14-10+/t16-/m1/s1. The van der Waals surface area contributed by atoms with Crippen LogP contribution < -0.4 is 0 Å². The average Bonchev–Trinajstić information content (AvgIpc) is 3.01. The molecule has 1 aromatic rings. The first-order valence-corrected chi connectivity index (χ1v) is 7.24. The topological polar surface area (TPSA) is 17.1 Å². The molecule has 1 nitrogen and oxygen atoms in total. The number of hydrogen-bond acceptors (Lipinski definition) is 1. The van der Waals surface area contributed by atoms with Crippen molar-refractivity contribution in [2.45, 2.75) is 38.5 Å². The highest BCUT2D eigenvalue weighted by Gasteiger charge is 2.36. The molecular formula is C17H19FO. The van der Waals surface area contributed by atoms with E-state index in [1.807, 2.05) is 12.1 Å². The lowest BCUT2D eigenvalue weighted by atomic mass is 9.88. The molecule has 2 aliphatic carbocycles. The molecule has 3 rings (SSSR count). The summed E-state index contributed by atoms with van der Waals surface area (Å²) in [5.74, 6) is 0.913. The van der Waals surface area contributed by atoms with E-state index in [-0.39, 0.29) is 11.7 Å². The number of benzene rings is 1. The molecule has 2 aliphatic rings. The Morgan fingerprint density at radius 2 is 1.95 bits per heavy atom. The highest BCUT2D eigenvalue weighted by atomic mass is 19.1. The molecule has 0 heterocycles. The fourth-order valence-corrected chi connectivity index (χ4v) is 3.55. The maximum atomic E-state index is 13.1. The van der Waals surface area contributed by atoms with E-state index in [0.717, 1.165) is 24.0 Å². The van der Waals surface area contributed by atoms with Crippen molar-refractivity contribution in [3.63, 3.8) is 0 Å². The molecule has 1 aromatic carbocycles. The van der Waals surface area contributed by atoms with Crippen LogP contribution in [0.1, 0.15) is 44.1 Å². The minimum absolute atomic E-state index is 0.238. The fraction of sp³-hybridized carbons (Fsp3) is 0.471. The first kappa shape index (κ1) is 12.6. The van der Waals surface area contributed by atoms with E-state index in [1.54, 1.807) is 6.07 Å². The summed E-state index contributed by atoms with van der Waals surface area (Å²) in [6, 6.07) is 6.46. The average molecular weight is 258 g/mol. The Morgan fingerprint density at radius 1 is 1.16 bits per heavy atom. The van der Waals surface area contributed by atoms with Crippen molar-refractivity contribution in [3.05, 3.63) is 41.2 Å². The van der Waals surface area contributed by atoms with Crippen molar-refractivity contribution in [2.75, 3.05) is 0 Å². The molecule has 100 valence electrons. The van der Waals surface area contributed by atoms with Crippen molar-refractivity contribution >= 4 is 11.9 Å². The normalized spacial score (nSPS) is 26.5. The number of carbonyl (C=O) groups is 1. The zero-order valence-electron chi connectivity index (χ0n) is 11.1. The number of allylic oxidation sites excluding steroid dienone is 1. The zero-order valence-corrected chi connectivity index (χ0v) is 11.1. The molecule has 2 heteroatoms. The van der Waals surface area contributed by atoms with E-state index in [1.165, 1.54) is 37.8 Å². The van der Waals surface area contributed by atoms with Crippen LogP contribution in [0.25, 0.3) is 6.08 Å². The van der Waals surface area contributed by atoms with Gasteiger partial charge >= 0.3 is 0 Å². The highest BCUT2D eigenvalue weighted by molar-refractivity contribution is 6.03. The molecule has 0 amide bonds. The second-order valence-corrected chi connectivity index (χ2v) is 5.78. The lowest BCUT2D eigenvalue weighted by Gasteiger charge is -2.15. The number of Topliss-reactive ketones (excluding diaryl/α,β-unsaturated/α-hetero) is 1. The van der Waals surface area contributed by atoms with Crippen LogP contribution in [0.3, 0.4) is 0 Å². The summed E-state index contributed by atoms with van der Waals surface area (Å²) in [5, 5.41) is 0. The third-order valence-electron chi connectivity index (χ3n) is 4.54. The quantitative estimate of drug-likeness (QED) is 0.719. The third kappa shape index (κ3) is 2.63. The Morgan fingerprint density at radius 3 is 2.68 bits per heavy atom. The van der Waals surface area contributed by atoms with E-state index in [4.69, 9.17) is 0 Å². The Labute approximate surface area is 113 Å². The van der Waals surface area contributed by atoms with E-state index in [2.05, 4.69) is 0 Å². The summed E-state index contributed by atoms with van der Waals surface area (Å²) in [5.41, 5.74) is 1.69. The van der Waals surface area contributed by atoms with Crippen molar-refractivity contribution in [3.8, 4) is 0 Å². The second-order valence-electron chi connectivity index (χ2n) is 5.78. The fourth-order valence-electron chi connectivity index (χ4n) is 3.55. The molecule has 0 spiro atoms. The smallest absolute Gasteiger partial charge is 0.162 e. The summed E-state index contributed by atoms with van der Waals surface area (Å²) in [6.45, 7) is 0. The van der Waals surface area contributed by atoms with E-state index < -0.39 is 0 Å². The van der Waals surface area contributed by atoms with Crippen LogP contribution in [0.15, 0.2) is 29.8 Å². The summed E-state index contributed by atoms with van der Waals surface area (Å²) in [6.07, 6.45) is 8.70. The van der Waals surface area contributed by atoms with Gasteiger partial charge in [-0.1, -0.05) is 25.0 Å². The van der Waals surface area contributed by atoms with Crippen molar-refractivity contribution in [1.82, 2.24) is 0 Å². The largest absolute Gasteiger partial charge is 0.294 e. The Balaban J connectivity index is 1.77. The van der Waals surface area contributed by atoms with Gasteiger partial charge in [-0.05, 0) is 60.9 Å². The van der Waals surface area contributed by atoms with Crippen molar-refractivity contribution in [2.24, 2.45) is 11.8 Å². The molecule has 0 unspecified atom stereocenters. The monoisotopic (exact) mass is 258 g/mol. The molecule has 0 bridgehead atoms. The van der Waals surface area contributed by atoms with Crippen LogP contribution in [-0.4, -0.2) is 5.78 Å². The van der Waals surface area contributed by atoms with Gasteiger partial charge in [0.05, 0.1) is 0 Å². The Bertz CT molecular complexity index is 512. The van der Waals surface area contributed by atoms with Crippen LogP contribution in [0, 0.1) is 17.7 Å². The van der Waals surface area contributed by atoms with Gasteiger partial charge in [-0.2, -0.15) is 0 Å². The molecular weight excluding hydrogens is 239 g/mol. The second kappa shape index (κ2) is 5.28. The van der Waals surface area contributed by atoms with Crippen LogP contribution in [0.5, 0.6) is 0 Å². The Kier molecular flexibility index (Phi) is 3.50. The first-order chi connectivity index (χ1) is 9.24. The molecule has 0 aliphatic heterocycles. The van der Waals surface area contributed by atoms with Crippen LogP contribution >= 0.6 is 0 Å².